The first kappa shape index (κ1) is 16.4. The zero-order valence-electron chi connectivity index (χ0n) is 12.7. The molecule has 0 radical (unpaired) electrons. The van der Waals surface area contributed by atoms with Gasteiger partial charge in [-0.2, -0.15) is 10.4 Å². The number of nitrogens with two attached hydrogens (primary N) is 1. The highest BCUT2D eigenvalue weighted by Gasteiger charge is 2.18. The molecule has 0 bridgehead atoms. The van der Waals surface area contributed by atoms with E-state index >= 15 is 0 Å². The number of hydrogen-bond acceptors (Lipinski definition) is 5. The summed E-state index contributed by atoms with van der Waals surface area (Å²) in [5.74, 6) is 0.365. The Kier molecular flexibility index (Phi) is 5.63. The van der Waals surface area contributed by atoms with Gasteiger partial charge < -0.3 is 0 Å². The summed E-state index contributed by atoms with van der Waals surface area (Å²) in [6.45, 7) is 1.65. The van der Waals surface area contributed by atoms with Crippen LogP contribution in [0.1, 0.15) is 25.7 Å². The highest BCUT2D eigenvalue weighted by atomic mass is 16.6. The van der Waals surface area contributed by atoms with Crippen LogP contribution in [0.25, 0.3) is 0 Å². The summed E-state index contributed by atoms with van der Waals surface area (Å²) in [6, 6.07) is 7.78. The molecule has 1 aliphatic rings. The van der Waals surface area contributed by atoms with Crippen LogP contribution in [-0.4, -0.2) is 34.1 Å². The van der Waals surface area contributed by atoms with Crippen LogP contribution < -0.4 is 11.2 Å². The van der Waals surface area contributed by atoms with Gasteiger partial charge in [0.25, 0.3) is 5.69 Å². The molecule has 1 saturated heterocycles. The summed E-state index contributed by atoms with van der Waals surface area (Å²) >= 11 is 0. The van der Waals surface area contributed by atoms with Crippen LogP contribution in [0.2, 0.25) is 0 Å². The summed E-state index contributed by atoms with van der Waals surface area (Å²) in [5, 5.41) is 23.9. The third-order valence-electron chi connectivity index (χ3n) is 3.67. The molecule has 1 aliphatic heterocycles. The number of nitro groups is 1. The molecule has 2 rings (SSSR count). The highest BCUT2D eigenvalue weighted by Crippen LogP contribution is 2.15. The van der Waals surface area contributed by atoms with Crippen molar-refractivity contribution in [3.8, 4) is 6.07 Å². The first-order valence-electron chi connectivity index (χ1n) is 7.48. The van der Waals surface area contributed by atoms with Gasteiger partial charge in [-0.1, -0.05) is 0 Å². The maximum Gasteiger partial charge on any atom is 0.306 e. The fraction of sp³-hybridized carbons (Fsp3) is 0.400. The Morgan fingerprint density at radius 1 is 1.26 bits per heavy atom. The maximum absolute atomic E-state index is 10.6. The molecule has 120 valence electrons. The number of nitriles is 1. The molecular weight excluding hydrogens is 296 g/mol. The monoisotopic (exact) mass is 315 g/mol. The smallest absolute Gasteiger partial charge is 0.285 e. The first-order chi connectivity index (χ1) is 11.1. The van der Waals surface area contributed by atoms with Gasteiger partial charge in [0.15, 0.2) is 0 Å². The SMILES string of the molecule is N#C/C(=N/Nc1ccc([N+](=O)[O-])cc1)C(N)=[N+]1CCCCCC1. The van der Waals surface area contributed by atoms with E-state index in [0.29, 0.717) is 11.5 Å². The van der Waals surface area contributed by atoms with E-state index < -0.39 is 4.92 Å². The minimum Gasteiger partial charge on any atom is -0.285 e. The van der Waals surface area contributed by atoms with Crippen LogP contribution in [0.3, 0.4) is 0 Å². The van der Waals surface area contributed by atoms with E-state index in [1.165, 1.54) is 37.1 Å². The Morgan fingerprint density at radius 3 is 2.39 bits per heavy atom. The lowest BCUT2D eigenvalue weighted by Crippen LogP contribution is -2.36. The molecule has 0 unspecified atom stereocenters. The average molecular weight is 315 g/mol. The minimum atomic E-state index is -0.473. The molecule has 1 heterocycles. The van der Waals surface area contributed by atoms with Gasteiger partial charge in [-0.05, 0) is 37.8 Å². The molecule has 8 heteroatoms. The largest absolute Gasteiger partial charge is 0.306 e. The third kappa shape index (κ3) is 4.51. The van der Waals surface area contributed by atoms with E-state index in [0.717, 1.165) is 25.9 Å². The molecule has 0 amide bonds. The second-order valence-electron chi connectivity index (χ2n) is 5.27. The van der Waals surface area contributed by atoms with Crippen LogP contribution in [0.5, 0.6) is 0 Å². The fourth-order valence-corrected chi connectivity index (χ4v) is 2.38. The summed E-state index contributed by atoms with van der Waals surface area (Å²) < 4.78 is 1.98. The number of nitrogens with zero attached hydrogens (tertiary/aromatic N) is 4. The third-order valence-corrected chi connectivity index (χ3v) is 3.67. The van der Waals surface area contributed by atoms with Gasteiger partial charge in [-0.15, -0.1) is 0 Å². The molecule has 1 aromatic carbocycles. The van der Waals surface area contributed by atoms with Crippen molar-refractivity contribution >= 4 is 22.9 Å². The van der Waals surface area contributed by atoms with Crippen molar-refractivity contribution in [3.05, 3.63) is 34.4 Å². The second kappa shape index (κ2) is 7.89. The van der Waals surface area contributed by atoms with Gasteiger partial charge in [0.05, 0.1) is 23.7 Å². The Hall–Kier alpha value is -2.95. The van der Waals surface area contributed by atoms with Gasteiger partial charge >= 0.3 is 5.84 Å². The fourth-order valence-electron chi connectivity index (χ4n) is 2.38. The van der Waals surface area contributed by atoms with Crippen molar-refractivity contribution in [1.29, 1.82) is 5.26 Å². The van der Waals surface area contributed by atoms with Crippen molar-refractivity contribution in [2.24, 2.45) is 10.8 Å². The molecule has 0 aliphatic carbocycles. The van der Waals surface area contributed by atoms with E-state index in [2.05, 4.69) is 10.5 Å². The lowest BCUT2D eigenvalue weighted by Gasteiger charge is -2.05. The summed E-state index contributed by atoms with van der Waals surface area (Å²) in [4.78, 5) is 10.1. The zero-order chi connectivity index (χ0) is 16.7. The number of benzene rings is 1. The summed E-state index contributed by atoms with van der Waals surface area (Å²) in [5.41, 5.74) is 9.43. The van der Waals surface area contributed by atoms with Gasteiger partial charge in [0, 0.05) is 12.1 Å². The van der Waals surface area contributed by atoms with Gasteiger partial charge in [-0.25, -0.2) is 0 Å². The Morgan fingerprint density at radius 2 is 1.87 bits per heavy atom. The molecule has 0 atom stereocenters. The Bertz CT molecular complexity index is 662. The van der Waals surface area contributed by atoms with Crippen LogP contribution in [0, 0.1) is 21.4 Å². The Labute approximate surface area is 134 Å². The summed E-state index contributed by atoms with van der Waals surface area (Å²) in [7, 11) is 0. The highest BCUT2D eigenvalue weighted by molar-refractivity contribution is 6.45. The van der Waals surface area contributed by atoms with Crippen LogP contribution in [-0.2, 0) is 0 Å². The zero-order valence-corrected chi connectivity index (χ0v) is 12.7. The van der Waals surface area contributed by atoms with E-state index in [1.54, 1.807) is 0 Å². The number of nitrogens with one attached hydrogen (secondary N) is 1. The van der Waals surface area contributed by atoms with Gasteiger partial charge in [-0.3, -0.25) is 25.8 Å². The molecule has 1 aromatic rings. The number of hydrazone groups is 1. The molecular formula is C15H19N6O2+. The first-order valence-corrected chi connectivity index (χ1v) is 7.48. The van der Waals surface area contributed by atoms with Crippen LogP contribution >= 0.6 is 0 Å². The Balaban J connectivity index is 2.13. The lowest BCUT2D eigenvalue weighted by atomic mass is 10.2. The van der Waals surface area contributed by atoms with Crippen molar-refractivity contribution < 1.29 is 9.50 Å². The minimum absolute atomic E-state index is 0.00400. The number of nitro benzene ring substituents is 1. The van der Waals surface area contributed by atoms with Gasteiger partial charge in [0.2, 0.25) is 5.71 Å². The molecule has 8 nitrogen and oxygen atoms in total. The van der Waals surface area contributed by atoms with E-state index in [-0.39, 0.29) is 11.4 Å². The maximum atomic E-state index is 10.6. The van der Waals surface area contributed by atoms with Crippen molar-refractivity contribution in [3.63, 3.8) is 0 Å². The number of anilines is 1. The van der Waals surface area contributed by atoms with Crippen LogP contribution in [0.4, 0.5) is 11.4 Å². The standard InChI is InChI=1S/C15H18N6O2/c16-11-14(15(17)20-9-3-1-2-4-10-20)19-18-12-5-7-13(8-6-12)21(22)23/h5-8H,1-4,9-10H2,(H2,17,18)/p+1. The van der Waals surface area contributed by atoms with Crippen molar-refractivity contribution in [1.82, 2.24) is 0 Å². The molecule has 3 N–H and O–H groups in total. The molecule has 0 saturated carbocycles. The number of hydrogen-bond donors (Lipinski definition) is 2. The average Bonchev–Trinajstić information content (AvgIpc) is 2.85. The van der Waals surface area contributed by atoms with E-state index in [1.807, 2.05) is 10.6 Å². The molecule has 23 heavy (non-hydrogen) atoms. The second-order valence-corrected chi connectivity index (χ2v) is 5.27. The number of rotatable bonds is 4. The predicted octanol–water partition coefficient (Wildman–Crippen LogP) is 1.83. The summed E-state index contributed by atoms with van der Waals surface area (Å²) in [6.07, 6.45) is 4.44. The molecule has 1 fully saturated rings. The topological polar surface area (TPSA) is 120 Å². The molecule has 0 spiro atoms. The van der Waals surface area contributed by atoms with Crippen molar-refractivity contribution in [2.75, 3.05) is 18.5 Å². The van der Waals surface area contributed by atoms with E-state index in [9.17, 15) is 15.4 Å². The van der Waals surface area contributed by atoms with Gasteiger partial charge in [0.1, 0.15) is 6.07 Å². The van der Waals surface area contributed by atoms with Crippen LogP contribution in [0.15, 0.2) is 29.4 Å². The number of non-ortho nitro benzene ring substituents is 1. The van der Waals surface area contributed by atoms with E-state index in [4.69, 9.17) is 5.73 Å². The normalized spacial score (nSPS) is 15.4. The quantitative estimate of drug-likeness (QED) is 0.289. The lowest BCUT2D eigenvalue weighted by molar-refractivity contribution is -0.525. The number of amidine groups is 1. The molecule has 0 aromatic heterocycles. The van der Waals surface area contributed by atoms with Crippen molar-refractivity contribution in [2.45, 2.75) is 25.7 Å². The predicted molar refractivity (Wildman–Crippen MR) is 87.4 cm³/mol.